The third-order valence-electron chi connectivity index (χ3n) is 2.01. The first-order chi connectivity index (χ1) is 6.13. The van der Waals surface area contributed by atoms with Crippen molar-refractivity contribution in [2.45, 2.75) is 13.8 Å². The Morgan fingerprint density at radius 3 is 2.69 bits per heavy atom. The Hall–Kier alpha value is -0.770. The van der Waals surface area contributed by atoms with Crippen LogP contribution in [-0.2, 0) is 4.74 Å². The number of amides is 1. The Labute approximate surface area is 78.5 Å². The molecule has 76 valence electrons. The highest BCUT2D eigenvalue weighted by molar-refractivity contribution is 5.68. The fourth-order valence-corrected chi connectivity index (χ4v) is 1.16. The molecule has 0 radical (unpaired) electrons. The van der Waals surface area contributed by atoms with E-state index in [1.54, 1.807) is 4.90 Å². The van der Waals surface area contributed by atoms with E-state index in [2.05, 4.69) is 0 Å². The van der Waals surface area contributed by atoms with Gasteiger partial charge < -0.3 is 14.7 Å². The average molecular weight is 187 g/mol. The molecule has 0 atom stereocenters. The van der Waals surface area contributed by atoms with E-state index < -0.39 is 0 Å². The van der Waals surface area contributed by atoms with Crippen molar-refractivity contribution in [1.29, 1.82) is 0 Å². The highest BCUT2D eigenvalue weighted by Crippen LogP contribution is 2.15. The van der Waals surface area contributed by atoms with E-state index in [9.17, 15) is 4.79 Å². The maximum Gasteiger partial charge on any atom is 0.409 e. The topological polar surface area (TPSA) is 49.8 Å². The second-order valence-electron chi connectivity index (χ2n) is 3.92. The number of aliphatic hydroxyl groups is 1. The highest BCUT2D eigenvalue weighted by atomic mass is 16.6. The summed E-state index contributed by atoms with van der Waals surface area (Å²) in [6.07, 6.45) is -0.251. The molecule has 0 aromatic heterocycles. The quantitative estimate of drug-likeness (QED) is 0.707. The third kappa shape index (κ3) is 2.88. The lowest BCUT2D eigenvalue weighted by molar-refractivity contribution is 0.0291. The number of likely N-dealkylation sites (tertiary alicyclic amines) is 1. The minimum absolute atomic E-state index is 0.161. The van der Waals surface area contributed by atoms with Crippen LogP contribution in [0, 0.1) is 11.8 Å². The lowest BCUT2D eigenvalue weighted by atomic mass is 10.0. The maximum atomic E-state index is 11.2. The zero-order valence-electron chi connectivity index (χ0n) is 8.19. The Balaban J connectivity index is 2.12. The third-order valence-corrected chi connectivity index (χ3v) is 2.01. The predicted octanol–water partition coefficient (Wildman–Crippen LogP) is 0.703. The molecular formula is C9H17NO3. The first kappa shape index (κ1) is 10.3. The summed E-state index contributed by atoms with van der Waals surface area (Å²) in [5.74, 6) is 0.630. The van der Waals surface area contributed by atoms with Gasteiger partial charge in [0.1, 0.15) is 0 Å². The SMILES string of the molecule is CC(C)COC(=O)N1CC(CO)C1. The Morgan fingerprint density at radius 2 is 2.23 bits per heavy atom. The maximum absolute atomic E-state index is 11.2. The summed E-state index contributed by atoms with van der Waals surface area (Å²) in [5.41, 5.74) is 0. The molecule has 0 unspecified atom stereocenters. The number of carbonyl (C=O) groups is 1. The Morgan fingerprint density at radius 1 is 1.62 bits per heavy atom. The van der Waals surface area contributed by atoms with Gasteiger partial charge in [-0.1, -0.05) is 13.8 Å². The molecule has 1 aliphatic heterocycles. The molecule has 0 aromatic rings. The highest BCUT2D eigenvalue weighted by Gasteiger charge is 2.30. The van der Waals surface area contributed by atoms with E-state index >= 15 is 0 Å². The molecule has 0 bridgehead atoms. The lowest BCUT2D eigenvalue weighted by Gasteiger charge is -2.37. The van der Waals surface area contributed by atoms with Gasteiger partial charge in [0.25, 0.3) is 0 Å². The van der Waals surface area contributed by atoms with Gasteiger partial charge in [0.2, 0.25) is 0 Å². The van der Waals surface area contributed by atoms with Gasteiger partial charge in [-0.15, -0.1) is 0 Å². The van der Waals surface area contributed by atoms with Gasteiger partial charge in [-0.3, -0.25) is 0 Å². The molecule has 1 fully saturated rings. The van der Waals surface area contributed by atoms with Crippen LogP contribution in [0.3, 0.4) is 0 Å². The van der Waals surface area contributed by atoms with E-state index in [-0.39, 0.29) is 18.6 Å². The molecule has 1 saturated heterocycles. The van der Waals surface area contributed by atoms with Crippen molar-refractivity contribution >= 4 is 6.09 Å². The number of carbonyl (C=O) groups excluding carboxylic acids is 1. The van der Waals surface area contributed by atoms with Crippen LogP contribution in [0.15, 0.2) is 0 Å². The molecule has 0 aliphatic carbocycles. The van der Waals surface area contributed by atoms with Gasteiger partial charge in [-0.05, 0) is 5.92 Å². The standard InChI is InChI=1S/C9H17NO3/c1-7(2)6-13-9(12)10-3-8(4-10)5-11/h7-8,11H,3-6H2,1-2H3. The van der Waals surface area contributed by atoms with E-state index in [0.717, 1.165) is 0 Å². The lowest BCUT2D eigenvalue weighted by Crippen LogP contribution is -2.51. The molecular weight excluding hydrogens is 170 g/mol. The van der Waals surface area contributed by atoms with Crippen LogP contribution in [0.1, 0.15) is 13.8 Å². The van der Waals surface area contributed by atoms with Crippen molar-refractivity contribution in [2.24, 2.45) is 11.8 Å². The summed E-state index contributed by atoms with van der Waals surface area (Å²) < 4.78 is 5.01. The van der Waals surface area contributed by atoms with E-state index in [1.165, 1.54) is 0 Å². The molecule has 1 rings (SSSR count). The van der Waals surface area contributed by atoms with Crippen LogP contribution in [0.2, 0.25) is 0 Å². The summed E-state index contributed by atoms with van der Waals surface area (Å²) in [4.78, 5) is 12.8. The monoisotopic (exact) mass is 187 g/mol. The van der Waals surface area contributed by atoms with Gasteiger partial charge in [-0.2, -0.15) is 0 Å². The van der Waals surface area contributed by atoms with Crippen molar-refractivity contribution in [3.8, 4) is 0 Å². The normalized spacial score (nSPS) is 17.4. The van der Waals surface area contributed by atoms with Gasteiger partial charge in [0.05, 0.1) is 6.61 Å². The molecule has 0 spiro atoms. The number of hydrogen-bond donors (Lipinski definition) is 1. The largest absolute Gasteiger partial charge is 0.449 e. The molecule has 1 heterocycles. The fourth-order valence-electron chi connectivity index (χ4n) is 1.16. The molecule has 0 aromatic carbocycles. The number of rotatable bonds is 3. The van der Waals surface area contributed by atoms with Crippen LogP contribution in [0.25, 0.3) is 0 Å². The van der Waals surface area contributed by atoms with E-state index in [1.807, 2.05) is 13.8 Å². The smallest absolute Gasteiger partial charge is 0.409 e. The molecule has 4 heteroatoms. The predicted molar refractivity (Wildman–Crippen MR) is 48.3 cm³/mol. The van der Waals surface area contributed by atoms with Gasteiger partial charge in [0.15, 0.2) is 0 Å². The molecule has 4 nitrogen and oxygen atoms in total. The second kappa shape index (κ2) is 4.46. The summed E-state index contributed by atoms with van der Waals surface area (Å²) in [7, 11) is 0. The Bertz CT molecular complexity index is 176. The minimum Gasteiger partial charge on any atom is -0.449 e. The van der Waals surface area contributed by atoms with Crippen LogP contribution in [0.4, 0.5) is 4.79 Å². The zero-order valence-corrected chi connectivity index (χ0v) is 8.19. The zero-order chi connectivity index (χ0) is 9.84. The second-order valence-corrected chi connectivity index (χ2v) is 3.92. The van der Waals surface area contributed by atoms with Gasteiger partial charge >= 0.3 is 6.09 Å². The molecule has 1 aliphatic rings. The minimum atomic E-state index is -0.251. The van der Waals surface area contributed by atoms with Gasteiger partial charge in [-0.25, -0.2) is 4.79 Å². The number of hydrogen-bond acceptors (Lipinski definition) is 3. The van der Waals surface area contributed by atoms with Crippen LogP contribution >= 0.6 is 0 Å². The molecule has 1 N–H and O–H groups in total. The fraction of sp³-hybridized carbons (Fsp3) is 0.889. The van der Waals surface area contributed by atoms with Gasteiger partial charge in [0, 0.05) is 25.6 Å². The van der Waals surface area contributed by atoms with Crippen LogP contribution in [-0.4, -0.2) is 42.4 Å². The Kier molecular flexibility index (Phi) is 3.54. The van der Waals surface area contributed by atoms with Crippen molar-refractivity contribution < 1.29 is 14.6 Å². The average Bonchev–Trinajstić information content (AvgIpc) is 1.99. The molecule has 1 amide bonds. The van der Waals surface area contributed by atoms with E-state index in [0.29, 0.717) is 25.6 Å². The molecule has 0 saturated carbocycles. The first-order valence-corrected chi connectivity index (χ1v) is 4.66. The van der Waals surface area contributed by atoms with Crippen LogP contribution < -0.4 is 0 Å². The summed E-state index contributed by atoms with van der Waals surface area (Å²) in [6, 6.07) is 0. The molecule has 13 heavy (non-hydrogen) atoms. The van der Waals surface area contributed by atoms with Crippen molar-refractivity contribution in [1.82, 2.24) is 4.90 Å². The number of ether oxygens (including phenoxy) is 1. The van der Waals surface area contributed by atoms with Crippen molar-refractivity contribution in [3.05, 3.63) is 0 Å². The number of aliphatic hydroxyl groups excluding tert-OH is 1. The van der Waals surface area contributed by atoms with Crippen molar-refractivity contribution in [3.63, 3.8) is 0 Å². The first-order valence-electron chi connectivity index (χ1n) is 4.66. The summed E-state index contributed by atoms with van der Waals surface area (Å²) in [5, 5.41) is 8.72. The van der Waals surface area contributed by atoms with E-state index in [4.69, 9.17) is 9.84 Å². The van der Waals surface area contributed by atoms with Crippen LogP contribution in [0.5, 0.6) is 0 Å². The number of nitrogens with zero attached hydrogens (tertiary/aromatic N) is 1. The summed E-state index contributed by atoms with van der Waals surface area (Å²) >= 11 is 0. The summed E-state index contributed by atoms with van der Waals surface area (Å²) in [6.45, 7) is 5.90. The van der Waals surface area contributed by atoms with Crippen molar-refractivity contribution in [2.75, 3.05) is 26.3 Å².